The first-order valence-corrected chi connectivity index (χ1v) is 8.71. The van der Waals surface area contributed by atoms with E-state index in [2.05, 4.69) is 50.8 Å². The van der Waals surface area contributed by atoms with Crippen LogP contribution in [0.1, 0.15) is 24.0 Å². The fourth-order valence-electron chi connectivity index (χ4n) is 2.78. The number of hydrogen-bond acceptors (Lipinski definition) is 2. The molecule has 3 nitrogen and oxygen atoms in total. The quantitative estimate of drug-likeness (QED) is 0.803. The minimum Gasteiger partial charge on any atom is -0.375 e. The van der Waals surface area contributed by atoms with E-state index >= 15 is 0 Å². The number of benzene rings is 2. The number of hydrogen-bond donors (Lipinski definition) is 2. The Hall–Kier alpha value is -1.81. The molecule has 1 amide bonds. The number of rotatable bonds is 6. The lowest BCUT2D eigenvalue weighted by Gasteiger charge is -2.17. The van der Waals surface area contributed by atoms with Crippen LogP contribution in [0.5, 0.6) is 0 Å². The van der Waals surface area contributed by atoms with E-state index in [0.717, 1.165) is 23.0 Å². The predicted octanol–water partition coefficient (Wildman–Crippen LogP) is 4.02. The zero-order valence-electron chi connectivity index (χ0n) is 13.2. The van der Waals surface area contributed by atoms with Gasteiger partial charge in [-0.05, 0) is 59.0 Å². The highest BCUT2D eigenvalue weighted by Gasteiger charge is 2.44. The summed E-state index contributed by atoms with van der Waals surface area (Å²) < 4.78 is 0.980. The van der Waals surface area contributed by atoms with Gasteiger partial charge in [0.2, 0.25) is 5.91 Å². The standard InChI is InChI=1S/C19H21BrN2O/c1-14-7-8-17(16(20)11-14)21-12-18(23)22-13-19(9-10-19)15-5-3-2-4-6-15/h2-8,11,21H,9-10,12-13H2,1H3,(H,22,23). The Kier molecular flexibility index (Phi) is 4.71. The lowest BCUT2D eigenvalue weighted by molar-refractivity contribution is -0.119. The molecular weight excluding hydrogens is 352 g/mol. The summed E-state index contributed by atoms with van der Waals surface area (Å²) in [4.78, 5) is 12.1. The third-order valence-electron chi connectivity index (χ3n) is 4.43. The van der Waals surface area contributed by atoms with Gasteiger partial charge in [0.15, 0.2) is 0 Å². The van der Waals surface area contributed by atoms with Crippen LogP contribution in [-0.4, -0.2) is 19.0 Å². The number of carbonyl (C=O) groups is 1. The number of halogens is 1. The second-order valence-corrected chi connectivity index (χ2v) is 7.11. The molecule has 0 bridgehead atoms. The molecule has 1 aliphatic carbocycles. The van der Waals surface area contributed by atoms with Crippen LogP contribution >= 0.6 is 15.9 Å². The Morgan fingerprint density at radius 3 is 2.57 bits per heavy atom. The summed E-state index contributed by atoms with van der Waals surface area (Å²) in [5.74, 6) is 0.0275. The first-order valence-electron chi connectivity index (χ1n) is 7.91. The summed E-state index contributed by atoms with van der Waals surface area (Å²) in [6.07, 6.45) is 2.29. The molecule has 0 spiro atoms. The number of nitrogens with one attached hydrogen (secondary N) is 2. The van der Waals surface area contributed by atoms with Gasteiger partial charge in [-0.15, -0.1) is 0 Å². The van der Waals surface area contributed by atoms with Gasteiger partial charge in [0.1, 0.15) is 0 Å². The number of aryl methyl sites for hydroxylation is 1. The van der Waals surface area contributed by atoms with Gasteiger partial charge in [-0.25, -0.2) is 0 Å². The largest absolute Gasteiger partial charge is 0.375 e. The van der Waals surface area contributed by atoms with Crippen LogP contribution < -0.4 is 10.6 Å². The lowest BCUT2D eigenvalue weighted by atomic mass is 9.96. The summed E-state index contributed by atoms with van der Waals surface area (Å²) in [7, 11) is 0. The zero-order valence-corrected chi connectivity index (χ0v) is 14.8. The van der Waals surface area contributed by atoms with E-state index in [0.29, 0.717) is 6.54 Å². The van der Waals surface area contributed by atoms with Crippen LogP contribution in [0.25, 0.3) is 0 Å². The van der Waals surface area contributed by atoms with E-state index in [-0.39, 0.29) is 17.9 Å². The summed E-state index contributed by atoms with van der Waals surface area (Å²) in [5.41, 5.74) is 3.61. The predicted molar refractivity (Wildman–Crippen MR) is 97.7 cm³/mol. The molecule has 1 aliphatic rings. The first-order chi connectivity index (χ1) is 11.1. The van der Waals surface area contributed by atoms with Crippen molar-refractivity contribution >= 4 is 27.5 Å². The highest BCUT2D eigenvalue weighted by atomic mass is 79.9. The normalized spacial score (nSPS) is 15.0. The highest BCUT2D eigenvalue weighted by molar-refractivity contribution is 9.10. The minimum absolute atomic E-state index is 0.0275. The molecule has 0 atom stereocenters. The molecule has 3 rings (SSSR count). The molecule has 0 aromatic heterocycles. The smallest absolute Gasteiger partial charge is 0.239 e. The Balaban J connectivity index is 1.50. The van der Waals surface area contributed by atoms with Crippen molar-refractivity contribution in [2.75, 3.05) is 18.4 Å². The molecule has 0 heterocycles. The number of anilines is 1. The van der Waals surface area contributed by atoms with Gasteiger partial charge in [-0.1, -0.05) is 36.4 Å². The van der Waals surface area contributed by atoms with E-state index in [1.54, 1.807) is 0 Å². The molecule has 2 aromatic rings. The lowest BCUT2D eigenvalue weighted by Crippen LogP contribution is -2.36. The minimum atomic E-state index is 0.0275. The Morgan fingerprint density at radius 1 is 1.17 bits per heavy atom. The van der Waals surface area contributed by atoms with Crippen LogP contribution in [0.4, 0.5) is 5.69 Å². The SMILES string of the molecule is Cc1ccc(NCC(=O)NCC2(c3ccccc3)CC2)c(Br)c1. The average molecular weight is 373 g/mol. The van der Waals surface area contributed by atoms with Crippen molar-refractivity contribution in [3.05, 3.63) is 64.1 Å². The highest BCUT2D eigenvalue weighted by Crippen LogP contribution is 2.47. The van der Waals surface area contributed by atoms with E-state index < -0.39 is 0 Å². The van der Waals surface area contributed by atoms with Crippen LogP contribution in [0.2, 0.25) is 0 Å². The van der Waals surface area contributed by atoms with Crippen molar-refractivity contribution in [2.24, 2.45) is 0 Å². The van der Waals surface area contributed by atoms with E-state index in [4.69, 9.17) is 0 Å². The second kappa shape index (κ2) is 6.75. The number of amides is 1. The molecule has 0 saturated heterocycles. The van der Waals surface area contributed by atoms with Crippen LogP contribution in [-0.2, 0) is 10.2 Å². The molecule has 2 N–H and O–H groups in total. The maximum absolute atomic E-state index is 12.1. The maximum Gasteiger partial charge on any atom is 0.239 e. The van der Waals surface area contributed by atoms with Crippen molar-refractivity contribution in [1.82, 2.24) is 5.32 Å². The fraction of sp³-hybridized carbons (Fsp3) is 0.316. The molecule has 0 unspecified atom stereocenters. The van der Waals surface area contributed by atoms with Gasteiger partial charge in [0.05, 0.1) is 6.54 Å². The van der Waals surface area contributed by atoms with E-state index in [1.165, 1.54) is 11.1 Å². The van der Waals surface area contributed by atoms with Gasteiger partial charge in [-0.2, -0.15) is 0 Å². The first kappa shape index (κ1) is 16.1. The molecule has 120 valence electrons. The Labute approximate surface area is 145 Å². The van der Waals surface area contributed by atoms with Gasteiger partial charge in [0.25, 0.3) is 0 Å². The fourth-order valence-corrected chi connectivity index (χ4v) is 3.41. The van der Waals surface area contributed by atoms with Crippen molar-refractivity contribution < 1.29 is 4.79 Å². The third kappa shape index (κ3) is 3.94. The summed E-state index contributed by atoms with van der Waals surface area (Å²) >= 11 is 3.51. The Bertz CT molecular complexity index is 696. The van der Waals surface area contributed by atoms with Crippen molar-refractivity contribution in [2.45, 2.75) is 25.2 Å². The average Bonchev–Trinajstić information content (AvgIpc) is 3.34. The monoisotopic (exact) mass is 372 g/mol. The van der Waals surface area contributed by atoms with Crippen molar-refractivity contribution in [3.63, 3.8) is 0 Å². The van der Waals surface area contributed by atoms with Crippen molar-refractivity contribution in [3.8, 4) is 0 Å². The number of carbonyl (C=O) groups excluding carboxylic acids is 1. The molecule has 0 radical (unpaired) electrons. The van der Waals surface area contributed by atoms with Gasteiger partial charge >= 0.3 is 0 Å². The molecule has 4 heteroatoms. The van der Waals surface area contributed by atoms with Crippen molar-refractivity contribution in [1.29, 1.82) is 0 Å². The van der Waals surface area contributed by atoms with Crippen LogP contribution in [0.3, 0.4) is 0 Å². The summed E-state index contributed by atoms with van der Waals surface area (Å²) in [5, 5.41) is 6.25. The molecule has 0 aliphatic heterocycles. The van der Waals surface area contributed by atoms with Gasteiger partial charge < -0.3 is 10.6 Å². The molecule has 23 heavy (non-hydrogen) atoms. The van der Waals surface area contributed by atoms with Crippen LogP contribution in [0, 0.1) is 6.92 Å². The van der Waals surface area contributed by atoms with E-state index in [9.17, 15) is 4.79 Å². The topological polar surface area (TPSA) is 41.1 Å². The zero-order chi connectivity index (χ0) is 16.3. The molecule has 1 saturated carbocycles. The molecular formula is C19H21BrN2O. The second-order valence-electron chi connectivity index (χ2n) is 6.26. The molecule has 2 aromatic carbocycles. The van der Waals surface area contributed by atoms with Gasteiger partial charge in [-0.3, -0.25) is 4.79 Å². The Morgan fingerprint density at radius 2 is 1.91 bits per heavy atom. The van der Waals surface area contributed by atoms with E-state index in [1.807, 2.05) is 31.2 Å². The summed E-state index contributed by atoms with van der Waals surface area (Å²) in [6.45, 7) is 3.04. The van der Waals surface area contributed by atoms with Gasteiger partial charge in [0, 0.05) is 22.1 Å². The maximum atomic E-state index is 12.1. The third-order valence-corrected chi connectivity index (χ3v) is 5.08. The van der Waals surface area contributed by atoms with Crippen LogP contribution in [0.15, 0.2) is 53.0 Å². The molecule has 1 fully saturated rings. The summed E-state index contributed by atoms with van der Waals surface area (Å²) in [6, 6.07) is 16.5.